The van der Waals surface area contributed by atoms with Gasteiger partial charge in [0, 0.05) is 6.07 Å². The monoisotopic (exact) mass is 364 g/mol. The number of amides is 1. The van der Waals surface area contributed by atoms with Gasteiger partial charge in [-0.1, -0.05) is 36.4 Å². The Morgan fingerprint density at radius 1 is 1.15 bits per heavy atom. The number of nitrogens with zero attached hydrogens (tertiary/aromatic N) is 1. The molecule has 1 amide bonds. The van der Waals surface area contributed by atoms with E-state index in [4.69, 9.17) is 4.74 Å². The van der Waals surface area contributed by atoms with Crippen molar-refractivity contribution in [1.29, 1.82) is 0 Å². The van der Waals surface area contributed by atoms with E-state index in [1.165, 1.54) is 12.1 Å². The Morgan fingerprint density at radius 3 is 2.67 bits per heavy atom. The lowest BCUT2D eigenvalue weighted by Gasteiger charge is -2.12. The smallest absolute Gasteiger partial charge is 0.274 e. The molecule has 0 saturated carbocycles. The SMILES string of the molecule is Cc1c(NC(=O)COc2ccc3ccccc3c2C=O)cccc1[N+](=O)[O-]. The van der Waals surface area contributed by atoms with Gasteiger partial charge in [-0.2, -0.15) is 0 Å². The van der Waals surface area contributed by atoms with Gasteiger partial charge in [-0.05, 0) is 29.8 Å². The molecule has 0 atom stereocenters. The van der Waals surface area contributed by atoms with E-state index in [1.807, 2.05) is 18.2 Å². The van der Waals surface area contributed by atoms with Crippen molar-refractivity contribution in [3.63, 3.8) is 0 Å². The number of nitro groups is 1. The third kappa shape index (κ3) is 3.77. The van der Waals surface area contributed by atoms with Gasteiger partial charge in [-0.15, -0.1) is 0 Å². The number of fused-ring (bicyclic) bond motifs is 1. The molecule has 3 aromatic rings. The zero-order valence-corrected chi connectivity index (χ0v) is 14.5. The van der Waals surface area contributed by atoms with Gasteiger partial charge in [0.2, 0.25) is 0 Å². The summed E-state index contributed by atoms with van der Waals surface area (Å²) in [5, 5.41) is 15.2. The van der Waals surface area contributed by atoms with Crippen molar-refractivity contribution >= 4 is 34.3 Å². The van der Waals surface area contributed by atoms with Gasteiger partial charge in [0.25, 0.3) is 11.6 Å². The van der Waals surface area contributed by atoms with Gasteiger partial charge in [-0.3, -0.25) is 19.7 Å². The summed E-state index contributed by atoms with van der Waals surface area (Å²) in [5.41, 5.74) is 0.987. The fourth-order valence-corrected chi connectivity index (χ4v) is 2.81. The molecule has 0 aliphatic heterocycles. The quantitative estimate of drug-likeness (QED) is 0.406. The molecule has 0 heterocycles. The molecule has 0 bridgehead atoms. The molecule has 3 aromatic carbocycles. The number of ether oxygens (including phenoxy) is 1. The highest BCUT2D eigenvalue weighted by Gasteiger charge is 2.15. The highest BCUT2D eigenvalue weighted by molar-refractivity contribution is 6.01. The van der Waals surface area contributed by atoms with E-state index >= 15 is 0 Å². The predicted octanol–water partition coefficient (Wildman–Crippen LogP) is 3.89. The number of hydrogen-bond acceptors (Lipinski definition) is 5. The van der Waals surface area contributed by atoms with Gasteiger partial charge in [0.15, 0.2) is 12.9 Å². The fourth-order valence-electron chi connectivity index (χ4n) is 2.81. The van der Waals surface area contributed by atoms with E-state index in [9.17, 15) is 19.7 Å². The summed E-state index contributed by atoms with van der Waals surface area (Å²) in [6.45, 7) is 1.23. The average molecular weight is 364 g/mol. The maximum atomic E-state index is 12.2. The van der Waals surface area contributed by atoms with Gasteiger partial charge in [-0.25, -0.2) is 0 Å². The van der Waals surface area contributed by atoms with Gasteiger partial charge in [0.1, 0.15) is 5.75 Å². The molecule has 0 aliphatic carbocycles. The van der Waals surface area contributed by atoms with E-state index in [0.29, 0.717) is 28.8 Å². The van der Waals surface area contributed by atoms with Crippen LogP contribution in [0.5, 0.6) is 5.75 Å². The highest BCUT2D eigenvalue weighted by atomic mass is 16.6. The van der Waals surface area contributed by atoms with Crippen molar-refractivity contribution in [1.82, 2.24) is 0 Å². The fraction of sp³-hybridized carbons (Fsp3) is 0.100. The van der Waals surface area contributed by atoms with Crippen molar-refractivity contribution in [2.24, 2.45) is 0 Å². The van der Waals surface area contributed by atoms with E-state index in [0.717, 1.165) is 10.8 Å². The molecule has 136 valence electrons. The summed E-state index contributed by atoms with van der Waals surface area (Å²) in [5.74, 6) is -0.182. The number of aldehydes is 1. The zero-order valence-electron chi connectivity index (χ0n) is 14.5. The first-order chi connectivity index (χ1) is 13.0. The number of benzene rings is 3. The number of anilines is 1. The minimum Gasteiger partial charge on any atom is -0.483 e. The number of hydrogen-bond donors (Lipinski definition) is 1. The van der Waals surface area contributed by atoms with Crippen molar-refractivity contribution in [2.75, 3.05) is 11.9 Å². The molecule has 7 nitrogen and oxygen atoms in total. The van der Waals surface area contributed by atoms with Crippen LogP contribution >= 0.6 is 0 Å². The number of nitrogens with one attached hydrogen (secondary N) is 1. The summed E-state index contributed by atoms with van der Waals surface area (Å²) in [6, 6.07) is 15.2. The largest absolute Gasteiger partial charge is 0.483 e. The standard InChI is InChI=1S/C20H16N2O5/c1-13-17(7-4-8-18(13)22(25)26)21-20(24)12-27-19-10-9-14-5-2-3-6-15(14)16(19)11-23/h2-11H,12H2,1H3,(H,21,24). The molecular formula is C20H16N2O5. The molecule has 0 aliphatic rings. The first-order valence-electron chi connectivity index (χ1n) is 8.15. The van der Waals surface area contributed by atoms with Crippen LogP contribution in [-0.2, 0) is 4.79 Å². The van der Waals surface area contributed by atoms with Crippen LogP contribution in [0.2, 0.25) is 0 Å². The Balaban J connectivity index is 1.75. The molecule has 0 radical (unpaired) electrons. The molecule has 0 fully saturated rings. The molecule has 0 unspecified atom stereocenters. The van der Waals surface area contributed by atoms with Crippen LogP contribution in [0.4, 0.5) is 11.4 Å². The van der Waals surface area contributed by atoms with E-state index in [1.54, 1.807) is 31.2 Å². The second-order valence-electron chi connectivity index (χ2n) is 5.86. The van der Waals surface area contributed by atoms with Gasteiger partial charge < -0.3 is 10.1 Å². The van der Waals surface area contributed by atoms with E-state index < -0.39 is 10.8 Å². The van der Waals surface area contributed by atoms with Crippen LogP contribution < -0.4 is 10.1 Å². The Hall–Kier alpha value is -3.74. The lowest BCUT2D eigenvalue weighted by molar-refractivity contribution is -0.385. The normalized spacial score (nSPS) is 10.4. The number of carbonyl (C=O) groups is 2. The van der Waals surface area contributed by atoms with Crippen molar-refractivity contribution < 1.29 is 19.2 Å². The summed E-state index contributed by atoms with van der Waals surface area (Å²) in [7, 11) is 0. The Bertz CT molecular complexity index is 1050. The topological polar surface area (TPSA) is 98.5 Å². The third-order valence-electron chi connectivity index (χ3n) is 4.18. The van der Waals surface area contributed by atoms with Gasteiger partial charge in [0.05, 0.1) is 21.7 Å². The molecule has 7 heteroatoms. The first kappa shape index (κ1) is 18.1. The average Bonchev–Trinajstić information content (AvgIpc) is 2.67. The minimum atomic E-state index is -0.507. The maximum Gasteiger partial charge on any atom is 0.274 e. The molecule has 3 rings (SSSR count). The summed E-state index contributed by atoms with van der Waals surface area (Å²) in [4.78, 5) is 34.1. The molecule has 0 spiro atoms. The van der Waals surface area contributed by atoms with Crippen LogP contribution in [0.3, 0.4) is 0 Å². The zero-order chi connectivity index (χ0) is 19.4. The summed E-state index contributed by atoms with van der Waals surface area (Å²) >= 11 is 0. The van der Waals surface area contributed by atoms with Crippen molar-refractivity contribution in [2.45, 2.75) is 6.92 Å². The molecule has 1 N–H and O–H groups in total. The lowest BCUT2D eigenvalue weighted by atomic mass is 10.0. The maximum absolute atomic E-state index is 12.2. The minimum absolute atomic E-state index is 0.0773. The highest BCUT2D eigenvalue weighted by Crippen LogP contribution is 2.27. The summed E-state index contributed by atoms with van der Waals surface area (Å²) < 4.78 is 5.51. The second-order valence-corrected chi connectivity index (χ2v) is 5.86. The van der Waals surface area contributed by atoms with Gasteiger partial charge >= 0.3 is 0 Å². The van der Waals surface area contributed by atoms with Crippen molar-refractivity contribution in [3.05, 3.63) is 75.8 Å². The number of rotatable bonds is 6. The van der Waals surface area contributed by atoms with Crippen LogP contribution in [0.1, 0.15) is 15.9 Å². The number of carbonyl (C=O) groups excluding carboxylic acids is 2. The molecule has 0 saturated heterocycles. The van der Waals surface area contributed by atoms with E-state index in [-0.39, 0.29) is 12.3 Å². The van der Waals surface area contributed by atoms with Crippen LogP contribution in [0, 0.1) is 17.0 Å². The van der Waals surface area contributed by atoms with Crippen LogP contribution in [0.15, 0.2) is 54.6 Å². The third-order valence-corrected chi connectivity index (χ3v) is 4.18. The Labute approximate surface area is 154 Å². The van der Waals surface area contributed by atoms with Crippen molar-refractivity contribution in [3.8, 4) is 5.75 Å². The lowest BCUT2D eigenvalue weighted by Crippen LogP contribution is -2.21. The Morgan fingerprint density at radius 2 is 1.93 bits per heavy atom. The van der Waals surface area contributed by atoms with Crippen LogP contribution in [0.25, 0.3) is 10.8 Å². The number of nitro benzene ring substituents is 1. The van der Waals surface area contributed by atoms with Crippen LogP contribution in [-0.4, -0.2) is 23.7 Å². The summed E-state index contributed by atoms with van der Waals surface area (Å²) in [6.07, 6.45) is 0.695. The predicted molar refractivity (Wildman–Crippen MR) is 101 cm³/mol. The molecular weight excluding hydrogens is 348 g/mol. The second kappa shape index (κ2) is 7.65. The van der Waals surface area contributed by atoms with E-state index in [2.05, 4.69) is 5.32 Å². The Kier molecular flexibility index (Phi) is 5.12. The first-order valence-corrected chi connectivity index (χ1v) is 8.15. The molecule has 0 aromatic heterocycles. The molecule has 27 heavy (non-hydrogen) atoms.